The van der Waals surface area contributed by atoms with E-state index in [1.165, 1.54) is 0 Å². The third kappa shape index (κ3) is 5.29. The first kappa shape index (κ1) is 24.6. The molecule has 0 N–H and O–H groups in total. The van der Waals surface area contributed by atoms with Crippen LogP contribution in [0.5, 0.6) is 0 Å². The van der Waals surface area contributed by atoms with Crippen molar-refractivity contribution in [2.75, 3.05) is 0 Å². The topological polar surface area (TPSA) is 56.7 Å². The number of fused-ring (bicyclic) bond motifs is 6. The van der Waals surface area contributed by atoms with Gasteiger partial charge in [-0.2, -0.15) is 0 Å². The Bertz CT molecular complexity index is 3570. The van der Waals surface area contributed by atoms with Crippen LogP contribution in [0.4, 0.5) is 0 Å². The molecule has 0 aliphatic rings. The molecule has 0 saturated carbocycles. The fourth-order valence-corrected chi connectivity index (χ4v) is 7.57. The van der Waals surface area contributed by atoms with Gasteiger partial charge in [0.05, 0.1) is 27.6 Å². The first-order valence-electron chi connectivity index (χ1n) is 22.1. The van der Waals surface area contributed by atoms with Crippen LogP contribution >= 0.6 is 0 Å². The number of aromatic nitrogens is 4. The summed E-state index contributed by atoms with van der Waals surface area (Å²) in [6.07, 6.45) is 0. The van der Waals surface area contributed by atoms with Gasteiger partial charge in [-0.15, -0.1) is 0 Å². The highest BCUT2D eigenvalue weighted by Crippen LogP contribution is 2.42. The van der Waals surface area contributed by atoms with Crippen molar-refractivity contribution in [2.45, 2.75) is 0 Å². The molecule has 0 saturated heterocycles. The average molecular weight is 725 g/mol. The Balaban J connectivity index is 1.19. The van der Waals surface area contributed by atoms with Crippen molar-refractivity contribution in [3.8, 4) is 62.1 Å². The molecule has 0 atom stereocenters. The van der Waals surface area contributed by atoms with Crippen LogP contribution < -0.4 is 0 Å². The molecule has 3 heterocycles. The fraction of sp³-hybridized carbons (Fsp3) is 0. The summed E-state index contributed by atoms with van der Waals surface area (Å²) < 4.78 is 79.1. The molecular weight excluding hydrogens is 685 g/mol. The van der Waals surface area contributed by atoms with Crippen molar-refractivity contribution < 1.29 is 15.4 Å². The SMILES string of the molecule is [2H]c1c([2H])c([2H])c2c(c1[2H])c1c([2H])c([2H])c([2H])c([2H])c1n2-c1cc(-c2ccccc2)cc(-c2cccc3oc4c(-c5nc(-c6ccccc6)nc(-c6ccccc6)n5)cccc4c23)c1. The fourth-order valence-electron chi connectivity index (χ4n) is 7.57. The first-order valence-corrected chi connectivity index (χ1v) is 18.1. The van der Waals surface area contributed by atoms with E-state index in [2.05, 4.69) is 0 Å². The predicted molar refractivity (Wildman–Crippen MR) is 229 cm³/mol. The molecular formula is C51H32N4O. The maximum absolute atomic E-state index is 9.17. The minimum absolute atomic E-state index is 0.0132. The molecule has 0 spiro atoms. The number of furan rings is 1. The van der Waals surface area contributed by atoms with Gasteiger partial charge in [-0.1, -0.05) is 152 Å². The van der Waals surface area contributed by atoms with Crippen LogP contribution in [0.1, 0.15) is 11.0 Å². The Morgan fingerprint density at radius 3 is 1.61 bits per heavy atom. The molecule has 262 valence electrons. The van der Waals surface area contributed by atoms with Crippen molar-refractivity contribution in [1.29, 1.82) is 0 Å². The molecule has 5 heteroatoms. The molecule has 0 bridgehead atoms. The van der Waals surface area contributed by atoms with E-state index in [9.17, 15) is 2.74 Å². The van der Waals surface area contributed by atoms with Crippen LogP contribution in [0.15, 0.2) is 198 Å². The van der Waals surface area contributed by atoms with E-state index in [-0.39, 0.29) is 46.0 Å². The lowest BCUT2D eigenvalue weighted by Gasteiger charge is -2.14. The number of rotatable bonds is 6. The summed E-state index contributed by atoms with van der Waals surface area (Å²) in [5.41, 5.74) is 7.19. The highest BCUT2D eigenvalue weighted by atomic mass is 16.3. The second-order valence-corrected chi connectivity index (χ2v) is 13.4. The summed E-state index contributed by atoms with van der Waals surface area (Å²) in [7, 11) is 0. The van der Waals surface area contributed by atoms with Crippen LogP contribution in [0, 0.1) is 0 Å². The van der Waals surface area contributed by atoms with Crippen LogP contribution in [0.3, 0.4) is 0 Å². The molecule has 56 heavy (non-hydrogen) atoms. The lowest BCUT2D eigenvalue weighted by molar-refractivity contribution is 0.669. The summed E-state index contributed by atoms with van der Waals surface area (Å²) in [4.78, 5) is 14.9. The van der Waals surface area contributed by atoms with Gasteiger partial charge in [-0.25, -0.2) is 15.0 Å². The van der Waals surface area contributed by atoms with Gasteiger partial charge in [0, 0.05) is 38.4 Å². The number of para-hydroxylation sites is 3. The standard InChI is InChI=1S/C51H32N4O/c1-4-16-33(17-5-1)36-30-37(32-38(31-36)55-44-27-12-10-22-40(44)41-23-11-13-28-45(41)55)39-24-15-29-46-47(39)42-25-14-26-43(48(42)56-46)51-53-49(34-18-6-2-7-19-34)52-50(54-51)35-20-8-3-9-21-35/h1-32H/i10D,11D,12D,13D,22D,23D,27D,28D. The van der Waals surface area contributed by atoms with E-state index in [1.54, 1.807) is 4.57 Å². The molecule has 3 aromatic heterocycles. The Labute approximate surface area is 334 Å². The Kier molecular flexibility index (Phi) is 5.74. The second kappa shape index (κ2) is 13.0. The highest BCUT2D eigenvalue weighted by molar-refractivity contribution is 6.15. The molecule has 5 nitrogen and oxygen atoms in total. The van der Waals surface area contributed by atoms with E-state index in [0.29, 0.717) is 39.9 Å². The van der Waals surface area contributed by atoms with E-state index in [0.717, 1.165) is 44.2 Å². The Hall–Kier alpha value is -7.63. The van der Waals surface area contributed by atoms with Gasteiger partial charge in [-0.05, 0) is 64.7 Å². The zero-order chi connectivity index (χ0) is 44.0. The predicted octanol–water partition coefficient (Wildman–Crippen LogP) is 13.2. The van der Waals surface area contributed by atoms with E-state index in [1.807, 2.05) is 146 Å². The van der Waals surface area contributed by atoms with Crippen molar-refractivity contribution >= 4 is 43.7 Å². The van der Waals surface area contributed by atoms with Gasteiger partial charge in [0.25, 0.3) is 0 Å². The summed E-state index contributed by atoms with van der Waals surface area (Å²) in [6, 6.07) is 43.2. The van der Waals surface area contributed by atoms with Crippen LogP contribution in [-0.2, 0) is 0 Å². The zero-order valence-corrected chi connectivity index (χ0v) is 29.6. The van der Waals surface area contributed by atoms with E-state index in [4.69, 9.17) is 27.6 Å². The normalized spacial score (nSPS) is 13.6. The smallest absolute Gasteiger partial charge is 0.167 e. The summed E-state index contributed by atoms with van der Waals surface area (Å²) in [6.45, 7) is 0. The van der Waals surface area contributed by atoms with Crippen LogP contribution in [0.2, 0.25) is 0 Å². The monoisotopic (exact) mass is 724 g/mol. The largest absolute Gasteiger partial charge is 0.455 e. The third-order valence-corrected chi connectivity index (χ3v) is 10.1. The number of nitrogens with zero attached hydrogens (tertiary/aromatic N) is 4. The van der Waals surface area contributed by atoms with E-state index >= 15 is 0 Å². The van der Waals surface area contributed by atoms with Gasteiger partial charge in [0.2, 0.25) is 0 Å². The highest BCUT2D eigenvalue weighted by Gasteiger charge is 2.21. The van der Waals surface area contributed by atoms with Gasteiger partial charge in [0.15, 0.2) is 17.5 Å². The molecule has 0 fully saturated rings. The second-order valence-electron chi connectivity index (χ2n) is 13.4. The Morgan fingerprint density at radius 1 is 0.429 bits per heavy atom. The lowest BCUT2D eigenvalue weighted by atomic mass is 9.94. The minimum atomic E-state index is -0.495. The molecule has 0 unspecified atom stereocenters. The maximum atomic E-state index is 9.17. The molecule has 0 aliphatic carbocycles. The van der Waals surface area contributed by atoms with Crippen molar-refractivity contribution in [3.05, 3.63) is 194 Å². The molecule has 0 amide bonds. The first-order chi connectivity index (χ1) is 31.1. The quantitative estimate of drug-likeness (QED) is 0.171. The summed E-state index contributed by atoms with van der Waals surface area (Å²) in [5.74, 6) is 1.47. The minimum Gasteiger partial charge on any atom is -0.455 e. The van der Waals surface area contributed by atoms with Crippen LogP contribution in [-0.4, -0.2) is 19.5 Å². The molecule has 0 radical (unpaired) electrons. The number of benzene rings is 8. The van der Waals surface area contributed by atoms with Gasteiger partial charge in [0.1, 0.15) is 11.2 Å². The zero-order valence-electron chi connectivity index (χ0n) is 37.6. The van der Waals surface area contributed by atoms with Gasteiger partial charge < -0.3 is 8.98 Å². The number of hydrogen-bond donors (Lipinski definition) is 0. The van der Waals surface area contributed by atoms with Gasteiger partial charge >= 0.3 is 0 Å². The maximum Gasteiger partial charge on any atom is 0.167 e. The summed E-state index contributed by atoms with van der Waals surface area (Å²) >= 11 is 0. The number of hydrogen-bond acceptors (Lipinski definition) is 4. The molecule has 8 aromatic carbocycles. The van der Waals surface area contributed by atoms with Crippen LogP contribution in [0.25, 0.3) is 106 Å². The third-order valence-electron chi connectivity index (χ3n) is 10.1. The Morgan fingerprint density at radius 2 is 0.964 bits per heavy atom. The van der Waals surface area contributed by atoms with Crippen molar-refractivity contribution in [2.24, 2.45) is 0 Å². The lowest BCUT2D eigenvalue weighted by Crippen LogP contribution is -2.00. The van der Waals surface area contributed by atoms with Crippen molar-refractivity contribution in [1.82, 2.24) is 19.5 Å². The average Bonchev–Trinajstić information content (AvgIpc) is 3.92. The van der Waals surface area contributed by atoms with Gasteiger partial charge in [-0.3, -0.25) is 0 Å². The molecule has 11 rings (SSSR count). The molecule has 0 aliphatic heterocycles. The van der Waals surface area contributed by atoms with E-state index < -0.39 is 24.2 Å². The summed E-state index contributed by atoms with van der Waals surface area (Å²) in [5, 5.41) is 1.64. The van der Waals surface area contributed by atoms with Crippen molar-refractivity contribution in [3.63, 3.8) is 0 Å². The molecule has 11 aromatic rings.